The Hall–Kier alpha value is -1.76. The van der Waals surface area contributed by atoms with Crippen molar-refractivity contribution in [3.8, 4) is 0 Å². The van der Waals surface area contributed by atoms with Crippen LogP contribution in [0.3, 0.4) is 0 Å². The maximum Gasteiger partial charge on any atom is 0.214 e. The molecule has 30 heavy (non-hydrogen) atoms. The third-order valence-electron chi connectivity index (χ3n) is 8.11. The van der Waals surface area contributed by atoms with Gasteiger partial charge in [-0.25, -0.2) is 17.5 Å². The maximum atomic E-state index is 13.8. The van der Waals surface area contributed by atoms with Crippen LogP contribution in [0.4, 0.5) is 4.39 Å². The molecule has 1 heterocycles. The molecule has 1 saturated heterocycles. The number of benzene rings is 2. The number of nitrogens with one attached hydrogen (secondary N) is 1. The second-order valence-electron chi connectivity index (χ2n) is 9.68. The summed E-state index contributed by atoms with van der Waals surface area (Å²) < 4.78 is 41.4. The predicted molar refractivity (Wildman–Crippen MR) is 114 cm³/mol. The van der Waals surface area contributed by atoms with E-state index < -0.39 is 10.0 Å². The van der Waals surface area contributed by atoms with E-state index in [2.05, 4.69) is 34.9 Å². The normalized spacial score (nSPS) is 33.8. The van der Waals surface area contributed by atoms with Gasteiger partial charge in [-0.2, -0.15) is 0 Å². The highest BCUT2D eigenvalue weighted by atomic mass is 32.2. The Morgan fingerprint density at radius 2 is 1.93 bits per heavy atom. The van der Waals surface area contributed by atoms with Crippen molar-refractivity contribution in [1.29, 1.82) is 0 Å². The Labute approximate surface area is 177 Å². The van der Waals surface area contributed by atoms with Gasteiger partial charge in [0, 0.05) is 24.0 Å². The summed E-state index contributed by atoms with van der Waals surface area (Å²) in [6.07, 6.45) is 4.46. The van der Waals surface area contributed by atoms with E-state index in [1.807, 2.05) is 6.07 Å². The molecule has 4 nitrogen and oxygen atoms in total. The highest BCUT2D eigenvalue weighted by Crippen LogP contribution is 2.76. The van der Waals surface area contributed by atoms with Gasteiger partial charge in [0.25, 0.3) is 0 Å². The summed E-state index contributed by atoms with van der Waals surface area (Å²) in [5, 5.41) is -0.218. The number of nitrogens with zero attached hydrogens (tertiary/aromatic N) is 1. The number of halogens is 1. The minimum Gasteiger partial charge on any atom is -0.296 e. The Morgan fingerprint density at radius 1 is 1.13 bits per heavy atom. The van der Waals surface area contributed by atoms with Gasteiger partial charge in [-0.05, 0) is 73.0 Å². The third kappa shape index (κ3) is 2.73. The van der Waals surface area contributed by atoms with Gasteiger partial charge in [0.05, 0.1) is 5.25 Å². The quantitative estimate of drug-likeness (QED) is 0.721. The molecule has 2 saturated carbocycles. The topological polar surface area (TPSA) is 49.2 Å². The lowest BCUT2D eigenvalue weighted by molar-refractivity contribution is 0.226. The number of sulfonamides is 1. The first-order valence-corrected chi connectivity index (χ1v) is 12.5. The number of likely N-dealkylation sites (tertiary alicyclic amines) is 1. The number of hydrogen-bond donors (Lipinski definition) is 1. The summed E-state index contributed by atoms with van der Waals surface area (Å²) in [4.78, 5) is 2.43. The average molecular weight is 427 g/mol. The summed E-state index contributed by atoms with van der Waals surface area (Å²) >= 11 is 0. The smallest absolute Gasteiger partial charge is 0.214 e. The van der Waals surface area contributed by atoms with Gasteiger partial charge in [0.1, 0.15) is 5.82 Å². The van der Waals surface area contributed by atoms with Crippen molar-refractivity contribution in [2.24, 2.45) is 5.41 Å². The summed E-state index contributed by atoms with van der Waals surface area (Å²) in [6.45, 7) is 0.346. The highest BCUT2D eigenvalue weighted by Gasteiger charge is 2.84. The van der Waals surface area contributed by atoms with Gasteiger partial charge < -0.3 is 0 Å². The van der Waals surface area contributed by atoms with Gasteiger partial charge in [0.15, 0.2) is 0 Å². The standard InChI is InChI=1S/C24H27FN2O2S/c1-27-22-23(27)24(22)13-17-9-8-16(14-26-30(28,29)19-6-3-7-19)11-20(17)21(24)12-15-4-2-5-18(25)10-15/h2,4-5,8-11,19,21-23,26H,3,6-7,12-14H2,1H3. The van der Waals surface area contributed by atoms with Crippen LogP contribution in [0.25, 0.3) is 0 Å². The lowest BCUT2D eigenvalue weighted by Gasteiger charge is -2.29. The molecule has 2 aromatic carbocycles. The van der Waals surface area contributed by atoms with Crippen LogP contribution in [0.2, 0.25) is 0 Å². The van der Waals surface area contributed by atoms with Crippen molar-refractivity contribution in [2.75, 3.05) is 7.05 Å². The van der Waals surface area contributed by atoms with Gasteiger partial charge in [0.2, 0.25) is 10.0 Å². The molecular weight excluding hydrogens is 399 g/mol. The van der Waals surface area contributed by atoms with E-state index in [9.17, 15) is 12.8 Å². The van der Waals surface area contributed by atoms with E-state index in [0.29, 0.717) is 24.5 Å². The fourth-order valence-corrected chi connectivity index (χ4v) is 7.78. The Kier molecular flexibility index (Phi) is 4.03. The SMILES string of the molecule is CN1C2C1C21Cc2ccc(CNS(=O)(=O)C3CCC3)cc2C1Cc1cccc(F)c1. The lowest BCUT2D eigenvalue weighted by atomic mass is 9.81. The first-order chi connectivity index (χ1) is 14.4. The minimum atomic E-state index is -3.22. The van der Waals surface area contributed by atoms with Crippen molar-refractivity contribution < 1.29 is 12.8 Å². The van der Waals surface area contributed by atoms with Crippen molar-refractivity contribution in [1.82, 2.24) is 9.62 Å². The Bertz CT molecular complexity index is 1120. The lowest BCUT2D eigenvalue weighted by Crippen LogP contribution is -2.38. The fourth-order valence-electron chi connectivity index (χ4n) is 6.22. The van der Waals surface area contributed by atoms with Gasteiger partial charge in [-0.15, -0.1) is 0 Å². The molecule has 4 aliphatic rings. The largest absolute Gasteiger partial charge is 0.296 e. The minimum absolute atomic E-state index is 0.183. The van der Waals surface area contributed by atoms with E-state index in [1.165, 1.54) is 17.2 Å². The summed E-state index contributed by atoms with van der Waals surface area (Å²) in [6, 6.07) is 14.7. The average Bonchev–Trinajstić information content (AvgIpc) is 3.50. The molecule has 1 N–H and O–H groups in total. The molecule has 3 aliphatic carbocycles. The molecule has 1 spiro atoms. The Morgan fingerprint density at radius 3 is 2.60 bits per heavy atom. The number of fused-ring (bicyclic) bond motifs is 4. The number of rotatable bonds is 6. The number of likely N-dealkylation sites (N-methyl/N-ethyl adjacent to an activating group) is 1. The molecule has 0 aromatic heterocycles. The van der Waals surface area contributed by atoms with E-state index in [-0.39, 0.29) is 16.5 Å². The van der Waals surface area contributed by atoms with Crippen LogP contribution >= 0.6 is 0 Å². The van der Waals surface area contributed by atoms with Crippen LogP contribution in [0.5, 0.6) is 0 Å². The summed E-state index contributed by atoms with van der Waals surface area (Å²) in [5.41, 5.74) is 5.05. The van der Waals surface area contributed by atoms with Crippen molar-refractivity contribution >= 4 is 10.0 Å². The van der Waals surface area contributed by atoms with Gasteiger partial charge in [-0.1, -0.05) is 36.8 Å². The van der Waals surface area contributed by atoms with Crippen molar-refractivity contribution in [2.45, 2.75) is 61.9 Å². The fraction of sp³-hybridized carbons (Fsp3) is 0.500. The zero-order valence-corrected chi connectivity index (χ0v) is 18.0. The zero-order valence-electron chi connectivity index (χ0n) is 17.1. The molecule has 158 valence electrons. The van der Waals surface area contributed by atoms with Crippen LogP contribution in [0, 0.1) is 11.2 Å². The first-order valence-electron chi connectivity index (χ1n) is 11.0. The monoisotopic (exact) mass is 426 g/mol. The van der Waals surface area contributed by atoms with Gasteiger partial charge >= 0.3 is 0 Å². The molecule has 0 radical (unpaired) electrons. The molecular formula is C24H27FN2O2S. The maximum absolute atomic E-state index is 13.8. The van der Waals surface area contributed by atoms with Crippen LogP contribution in [-0.4, -0.2) is 37.7 Å². The first kappa shape index (κ1) is 19.0. The molecule has 1 aliphatic heterocycles. The molecule has 0 bridgehead atoms. The van der Waals surface area contributed by atoms with E-state index >= 15 is 0 Å². The Balaban J connectivity index is 1.27. The predicted octanol–water partition coefficient (Wildman–Crippen LogP) is 3.36. The van der Waals surface area contributed by atoms with Crippen molar-refractivity contribution in [3.05, 3.63) is 70.5 Å². The van der Waals surface area contributed by atoms with Crippen LogP contribution < -0.4 is 4.72 Å². The summed E-state index contributed by atoms with van der Waals surface area (Å²) in [7, 11) is -1.04. The third-order valence-corrected chi connectivity index (χ3v) is 10.0. The van der Waals surface area contributed by atoms with Crippen molar-refractivity contribution in [3.63, 3.8) is 0 Å². The van der Waals surface area contributed by atoms with E-state index in [1.54, 1.807) is 12.1 Å². The zero-order chi connectivity index (χ0) is 20.7. The molecule has 6 rings (SSSR count). The molecule has 6 heteroatoms. The van der Waals surface area contributed by atoms with E-state index in [4.69, 9.17) is 0 Å². The van der Waals surface area contributed by atoms with Gasteiger partial charge in [-0.3, -0.25) is 4.90 Å². The molecule has 3 atom stereocenters. The van der Waals surface area contributed by atoms with E-state index in [0.717, 1.165) is 43.2 Å². The van der Waals surface area contributed by atoms with Crippen LogP contribution in [0.15, 0.2) is 42.5 Å². The molecule has 2 aromatic rings. The van der Waals surface area contributed by atoms with Crippen LogP contribution in [0.1, 0.15) is 47.4 Å². The summed E-state index contributed by atoms with van der Waals surface area (Å²) in [5.74, 6) is 0.181. The molecule has 3 unspecified atom stereocenters. The highest BCUT2D eigenvalue weighted by molar-refractivity contribution is 7.90. The molecule has 0 amide bonds. The van der Waals surface area contributed by atoms with Crippen LogP contribution in [-0.2, 0) is 29.4 Å². The second-order valence-corrected chi connectivity index (χ2v) is 11.7. The second kappa shape index (κ2) is 6.38. The number of hydrogen-bond acceptors (Lipinski definition) is 3. The molecule has 3 fully saturated rings.